The number of amides is 3. The molecule has 0 radical (unpaired) electrons. The largest absolute Gasteiger partial charge is 0.497 e. The molecular formula is C16H14N4O6. The Morgan fingerprint density at radius 3 is 2.54 bits per heavy atom. The van der Waals surface area contributed by atoms with E-state index in [1.807, 2.05) is 0 Å². The Bertz CT molecular complexity index is 904. The molecule has 1 aromatic heterocycles. The van der Waals surface area contributed by atoms with Gasteiger partial charge < -0.3 is 14.5 Å². The topological polar surface area (TPSA) is 127 Å². The molecule has 1 atom stereocenters. The van der Waals surface area contributed by atoms with Crippen molar-refractivity contribution in [2.24, 2.45) is 5.10 Å². The highest BCUT2D eigenvalue weighted by Crippen LogP contribution is 2.30. The van der Waals surface area contributed by atoms with Gasteiger partial charge in [-0.25, -0.2) is 4.79 Å². The van der Waals surface area contributed by atoms with Gasteiger partial charge in [0.25, 0.3) is 5.91 Å². The number of rotatable bonds is 5. The number of carbonyl (C=O) groups is 2. The third-order valence-electron chi connectivity index (χ3n) is 3.93. The Balaban J connectivity index is 1.83. The molecule has 10 heteroatoms. The number of benzene rings is 1. The number of carbonyl (C=O) groups excluding carboxylic acids is 2. The lowest BCUT2D eigenvalue weighted by Gasteiger charge is -2.21. The average Bonchev–Trinajstić information content (AvgIpc) is 3.18. The van der Waals surface area contributed by atoms with Crippen LogP contribution in [0, 0.1) is 10.1 Å². The molecule has 1 fully saturated rings. The molecule has 0 unspecified atom stereocenters. The van der Waals surface area contributed by atoms with E-state index in [1.54, 1.807) is 31.2 Å². The highest BCUT2D eigenvalue weighted by molar-refractivity contribution is 6.07. The first-order valence-corrected chi connectivity index (χ1v) is 7.44. The van der Waals surface area contributed by atoms with Gasteiger partial charge in [-0.05, 0) is 30.7 Å². The summed E-state index contributed by atoms with van der Waals surface area (Å²) < 4.78 is 9.98. The number of imide groups is 1. The van der Waals surface area contributed by atoms with Crippen LogP contribution in [0.3, 0.4) is 0 Å². The van der Waals surface area contributed by atoms with E-state index in [2.05, 4.69) is 10.4 Å². The predicted molar refractivity (Wildman–Crippen MR) is 88.7 cm³/mol. The standard InChI is InChI=1S/C16H14N4O6/c1-16(10-3-5-11(25-2)6-4-10)14(21)19(15(22)18-16)17-9-12-7-8-13(26-12)20(23)24/h3-9H,1-2H3,(H,18,22)/b17-9-/t16-/m0/s1. The highest BCUT2D eigenvalue weighted by Gasteiger charge is 2.49. The number of hydrazone groups is 1. The monoisotopic (exact) mass is 358 g/mol. The molecule has 1 aliphatic heterocycles. The molecule has 3 amide bonds. The normalized spacial score (nSPS) is 19.8. The van der Waals surface area contributed by atoms with Gasteiger partial charge in [0.05, 0.1) is 19.4 Å². The zero-order chi connectivity index (χ0) is 18.9. The molecule has 1 aliphatic rings. The predicted octanol–water partition coefficient (Wildman–Crippen LogP) is 2.00. The van der Waals surface area contributed by atoms with Crippen molar-refractivity contribution in [3.63, 3.8) is 0 Å². The summed E-state index contributed by atoms with van der Waals surface area (Å²) in [5.74, 6) is -0.407. The third kappa shape index (κ3) is 2.88. The summed E-state index contributed by atoms with van der Waals surface area (Å²) in [6.07, 6.45) is 1.06. The van der Waals surface area contributed by atoms with Gasteiger partial charge in [0, 0.05) is 0 Å². The molecule has 1 saturated heterocycles. The molecule has 0 saturated carbocycles. The van der Waals surface area contributed by atoms with Gasteiger partial charge in [0.1, 0.15) is 16.2 Å². The molecule has 2 aromatic rings. The number of furan rings is 1. The minimum absolute atomic E-state index is 0.0374. The van der Waals surface area contributed by atoms with Crippen LogP contribution in [0.25, 0.3) is 0 Å². The van der Waals surface area contributed by atoms with Gasteiger partial charge in [-0.1, -0.05) is 12.1 Å². The van der Waals surface area contributed by atoms with Gasteiger partial charge in [-0.15, -0.1) is 5.01 Å². The van der Waals surface area contributed by atoms with E-state index in [0.717, 1.165) is 12.3 Å². The lowest BCUT2D eigenvalue weighted by molar-refractivity contribution is -0.402. The third-order valence-corrected chi connectivity index (χ3v) is 3.93. The number of methoxy groups -OCH3 is 1. The zero-order valence-electron chi connectivity index (χ0n) is 13.8. The fraction of sp³-hybridized carbons (Fsp3) is 0.188. The van der Waals surface area contributed by atoms with Gasteiger partial charge in [-0.3, -0.25) is 14.9 Å². The lowest BCUT2D eigenvalue weighted by Crippen LogP contribution is -2.40. The van der Waals surface area contributed by atoms with E-state index in [9.17, 15) is 19.7 Å². The maximum absolute atomic E-state index is 12.7. The molecule has 1 N–H and O–H groups in total. The molecule has 1 aromatic carbocycles. The first kappa shape index (κ1) is 17.1. The van der Waals surface area contributed by atoms with Crippen LogP contribution in [0.1, 0.15) is 18.2 Å². The summed E-state index contributed by atoms with van der Waals surface area (Å²) in [6, 6.07) is 8.42. The second-order valence-electron chi connectivity index (χ2n) is 5.58. The van der Waals surface area contributed by atoms with E-state index in [1.165, 1.54) is 13.2 Å². The number of nitrogens with one attached hydrogen (secondary N) is 1. The summed E-state index contributed by atoms with van der Waals surface area (Å²) in [7, 11) is 1.52. The van der Waals surface area contributed by atoms with Crippen LogP contribution in [-0.2, 0) is 10.3 Å². The Morgan fingerprint density at radius 1 is 1.27 bits per heavy atom. The van der Waals surface area contributed by atoms with Crippen molar-refractivity contribution in [1.82, 2.24) is 10.3 Å². The van der Waals surface area contributed by atoms with Crippen molar-refractivity contribution in [3.05, 3.63) is 57.8 Å². The van der Waals surface area contributed by atoms with Crippen molar-refractivity contribution in [3.8, 4) is 5.75 Å². The first-order valence-electron chi connectivity index (χ1n) is 7.44. The van der Waals surface area contributed by atoms with Crippen LogP contribution >= 0.6 is 0 Å². The number of ether oxygens (including phenoxy) is 1. The lowest BCUT2D eigenvalue weighted by atomic mass is 9.92. The Morgan fingerprint density at radius 2 is 1.96 bits per heavy atom. The smallest absolute Gasteiger partial charge is 0.433 e. The number of urea groups is 1. The van der Waals surface area contributed by atoms with E-state index < -0.39 is 28.3 Å². The second kappa shape index (κ2) is 6.31. The second-order valence-corrected chi connectivity index (χ2v) is 5.58. The van der Waals surface area contributed by atoms with Crippen LogP contribution in [0.4, 0.5) is 10.7 Å². The molecule has 10 nitrogen and oxygen atoms in total. The summed E-state index contributed by atoms with van der Waals surface area (Å²) in [6.45, 7) is 1.56. The molecular weight excluding hydrogens is 344 g/mol. The van der Waals surface area contributed by atoms with Gasteiger partial charge in [0.15, 0.2) is 5.76 Å². The van der Waals surface area contributed by atoms with Crippen LogP contribution in [-0.4, -0.2) is 35.2 Å². The number of hydrogen-bond donors (Lipinski definition) is 1. The van der Waals surface area contributed by atoms with Crippen molar-refractivity contribution < 1.29 is 23.7 Å². The van der Waals surface area contributed by atoms with Gasteiger partial charge in [0.2, 0.25) is 0 Å². The highest BCUT2D eigenvalue weighted by atomic mass is 16.6. The number of nitro groups is 1. The number of nitrogens with zero attached hydrogens (tertiary/aromatic N) is 3. The van der Waals surface area contributed by atoms with E-state index in [-0.39, 0.29) is 5.76 Å². The van der Waals surface area contributed by atoms with E-state index in [0.29, 0.717) is 16.3 Å². The molecule has 2 heterocycles. The summed E-state index contributed by atoms with van der Waals surface area (Å²) >= 11 is 0. The van der Waals surface area contributed by atoms with E-state index >= 15 is 0 Å². The zero-order valence-corrected chi connectivity index (χ0v) is 13.8. The van der Waals surface area contributed by atoms with Crippen LogP contribution in [0.2, 0.25) is 0 Å². The summed E-state index contributed by atoms with van der Waals surface area (Å²) in [4.78, 5) is 34.7. The molecule has 3 rings (SSSR count). The maximum atomic E-state index is 12.7. The minimum Gasteiger partial charge on any atom is -0.497 e. The molecule has 26 heavy (non-hydrogen) atoms. The van der Waals surface area contributed by atoms with Gasteiger partial charge >= 0.3 is 11.9 Å². The number of hydrogen-bond acceptors (Lipinski definition) is 7. The van der Waals surface area contributed by atoms with Crippen molar-refractivity contribution in [1.29, 1.82) is 0 Å². The fourth-order valence-corrected chi connectivity index (χ4v) is 2.47. The first-order chi connectivity index (χ1) is 12.3. The van der Waals surface area contributed by atoms with Gasteiger partial charge in [-0.2, -0.15) is 5.10 Å². The van der Waals surface area contributed by atoms with Crippen molar-refractivity contribution >= 4 is 24.0 Å². The van der Waals surface area contributed by atoms with Crippen LogP contribution < -0.4 is 10.1 Å². The van der Waals surface area contributed by atoms with Crippen LogP contribution in [0.15, 0.2) is 45.9 Å². The molecule has 0 bridgehead atoms. The Hall–Kier alpha value is -3.69. The maximum Gasteiger partial charge on any atom is 0.433 e. The summed E-state index contributed by atoms with van der Waals surface area (Å²) in [5, 5.41) is 17.6. The van der Waals surface area contributed by atoms with E-state index in [4.69, 9.17) is 9.15 Å². The van der Waals surface area contributed by atoms with Crippen molar-refractivity contribution in [2.45, 2.75) is 12.5 Å². The Labute approximate surface area is 147 Å². The Kier molecular flexibility index (Phi) is 4.16. The molecule has 0 aliphatic carbocycles. The van der Waals surface area contributed by atoms with Crippen LogP contribution in [0.5, 0.6) is 5.75 Å². The molecule has 0 spiro atoms. The average molecular weight is 358 g/mol. The summed E-state index contributed by atoms with van der Waals surface area (Å²) in [5.41, 5.74) is -0.737. The SMILES string of the molecule is COc1ccc([C@]2(C)NC(=O)N(/N=C\c3ccc([N+](=O)[O-])o3)C2=O)cc1. The quantitative estimate of drug-likeness (QED) is 0.377. The minimum atomic E-state index is -1.30. The molecule has 134 valence electrons. The fourth-order valence-electron chi connectivity index (χ4n) is 2.47. The van der Waals surface area contributed by atoms with Crippen molar-refractivity contribution in [2.75, 3.05) is 7.11 Å².